The van der Waals surface area contributed by atoms with Gasteiger partial charge < -0.3 is 19.4 Å². The Hall–Kier alpha value is -3.41. The molecule has 0 atom stereocenters. The number of nitrogens with one attached hydrogen (secondary N) is 1. The molecule has 4 aromatic rings. The van der Waals surface area contributed by atoms with Crippen LogP contribution in [0.5, 0.6) is 5.88 Å². The maximum Gasteiger partial charge on any atom is 0.256 e. The number of hydrogen-bond acceptors (Lipinski definition) is 6. The van der Waals surface area contributed by atoms with Gasteiger partial charge in [0.05, 0.1) is 48.2 Å². The average Bonchev–Trinajstić information content (AvgIpc) is 3.33. The molecule has 1 aliphatic carbocycles. The Balaban J connectivity index is 1.43. The summed E-state index contributed by atoms with van der Waals surface area (Å²) in [5, 5.41) is 7.54. The number of ether oxygens (including phenoxy) is 2. The van der Waals surface area contributed by atoms with Crippen LogP contribution in [0.25, 0.3) is 27.7 Å². The summed E-state index contributed by atoms with van der Waals surface area (Å²) in [4.78, 5) is 8.31. The van der Waals surface area contributed by atoms with Gasteiger partial charge in [-0.15, -0.1) is 5.10 Å². The smallest absolute Gasteiger partial charge is 0.256 e. The summed E-state index contributed by atoms with van der Waals surface area (Å²) in [5.74, 6) is -1.94. The van der Waals surface area contributed by atoms with E-state index >= 15 is 8.78 Å². The molecule has 3 aromatic heterocycles. The summed E-state index contributed by atoms with van der Waals surface area (Å²) in [7, 11) is -2.94. The fraction of sp³-hybridized carbons (Fsp3) is 0.480. The van der Waals surface area contributed by atoms with Crippen molar-refractivity contribution in [1.29, 1.82) is 0 Å². The zero-order valence-electron chi connectivity index (χ0n) is 22.9. The van der Waals surface area contributed by atoms with Gasteiger partial charge in [-0.1, -0.05) is 0 Å². The number of hydrogen-bond donors (Lipinski definition) is 1. The van der Waals surface area contributed by atoms with Crippen LogP contribution in [0.3, 0.4) is 0 Å². The van der Waals surface area contributed by atoms with Gasteiger partial charge in [-0.25, -0.2) is 27.1 Å². The molecule has 0 bridgehead atoms. The third-order valence-corrected chi connectivity index (χ3v) is 7.45. The minimum atomic E-state index is -2.94. The van der Waals surface area contributed by atoms with Crippen LogP contribution in [-0.2, 0) is 11.3 Å². The largest absolute Gasteiger partial charge is 0.479 e. The van der Waals surface area contributed by atoms with Gasteiger partial charge in [0, 0.05) is 11.5 Å². The van der Waals surface area contributed by atoms with Gasteiger partial charge in [0.1, 0.15) is 16.9 Å². The Labute approximate surface area is 213 Å². The Morgan fingerprint density at radius 2 is 2.00 bits per heavy atom. The number of imidazole rings is 1. The molecule has 4 heterocycles. The monoisotopic (exact) mass is 521 g/mol. The van der Waals surface area contributed by atoms with E-state index in [0.29, 0.717) is 0 Å². The number of rotatable bonds is 6. The van der Waals surface area contributed by atoms with Crippen LogP contribution in [-0.4, -0.2) is 56.9 Å². The quantitative estimate of drug-likeness (QED) is 0.361. The summed E-state index contributed by atoms with van der Waals surface area (Å²) < 4.78 is 92.7. The van der Waals surface area contributed by atoms with Crippen LogP contribution in [0.1, 0.15) is 35.6 Å². The highest BCUT2D eigenvalue weighted by Gasteiger charge is 2.41. The van der Waals surface area contributed by atoms with Gasteiger partial charge in [0.2, 0.25) is 11.8 Å². The fourth-order valence-corrected chi connectivity index (χ4v) is 5.48. The number of anilines is 1. The van der Waals surface area contributed by atoms with Gasteiger partial charge in [-0.2, -0.15) is 4.98 Å². The Morgan fingerprint density at radius 1 is 1.22 bits per heavy atom. The van der Waals surface area contributed by atoms with Gasteiger partial charge in [-0.05, 0) is 50.3 Å². The van der Waals surface area contributed by atoms with Gasteiger partial charge >= 0.3 is 0 Å². The van der Waals surface area contributed by atoms with Crippen molar-refractivity contribution in [3.63, 3.8) is 0 Å². The van der Waals surface area contributed by atoms with Gasteiger partial charge in [0.15, 0.2) is 11.6 Å². The van der Waals surface area contributed by atoms with Crippen LogP contribution in [0.15, 0.2) is 18.3 Å². The number of benzene rings is 1. The van der Waals surface area contributed by atoms with E-state index in [4.69, 9.17) is 13.6 Å². The number of aromatic nitrogens is 5. The SMILES string of the molecule is [2H]C([2H])([2H])Oc1nc(NC2CCC3(CC2)COC3)nn2cc(F)c(-c3cc(F)c4nc(C)n(CC(F)F)c4c3)c12. The molecule has 0 unspecified atom stereocenters. The molecule has 1 aliphatic heterocycles. The van der Waals surface area contributed by atoms with Crippen LogP contribution >= 0.6 is 0 Å². The first-order valence-electron chi connectivity index (χ1n) is 13.5. The molecule has 1 N–H and O–H groups in total. The highest BCUT2D eigenvalue weighted by molar-refractivity contribution is 5.90. The lowest BCUT2D eigenvalue weighted by Crippen LogP contribution is -2.47. The van der Waals surface area contributed by atoms with Crippen LogP contribution < -0.4 is 10.1 Å². The molecule has 0 radical (unpaired) electrons. The van der Waals surface area contributed by atoms with Crippen molar-refractivity contribution in [2.45, 2.75) is 51.6 Å². The van der Waals surface area contributed by atoms with Crippen LogP contribution in [0.2, 0.25) is 0 Å². The number of halogens is 4. The Morgan fingerprint density at radius 3 is 2.68 bits per heavy atom. The van der Waals surface area contributed by atoms with E-state index in [2.05, 4.69) is 20.4 Å². The number of aryl methyl sites for hydroxylation is 1. The van der Waals surface area contributed by atoms with Crippen molar-refractivity contribution in [1.82, 2.24) is 24.1 Å². The third kappa shape index (κ3) is 4.07. The molecule has 1 saturated heterocycles. The molecule has 196 valence electrons. The minimum Gasteiger partial charge on any atom is -0.479 e. The zero-order chi connectivity index (χ0) is 28.4. The highest BCUT2D eigenvalue weighted by Crippen LogP contribution is 2.43. The lowest BCUT2D eigenvalue weighted by molar-refractivity contribution is -0.131. The maximum atomic E-state index is 15.5. The molecule has 12 heteroatoms. The molecule has 8 nitrogen and oxygen atoms in total. The van der Waals surface area contributed by atoms with E-state index in [9.17, 15) is 8.78 Å². The Kier molecular flexibility index (Phi) is 4.94. The standard InChI is InChI=1S/C25H26F4N6O2/c1-13-30-21-16(26)7-14(8-18(21)34(13)10-19(28)29)20-17(27)9-35-22(20)23(36-2)32-24(33-35)31-15-3-5-25(6-4-15)11-37-12-25/h7-9,15,19H,3-6,10-12H2,1-2H3,(H,31,33)/i2D3. The topological polar surface area (TPSA) is 78.5 Å². The molecule has 37 heavy (non-hydrogen) atoms. The second-order valence-corrected chi connectivity index (χ2v) is 9.89. The molecular weight excluding hydrogens is 492 g/mol. The van der Waals surface area contributed by atoms with E-state index in [1.54, 1.807) is 0 Å². The van der Waals surface area contributed by atoms with Crippen molar-refractivity contribution in [3.8, 4) is 17.0 Å². The molecule has 2 fully saturated rings. The fourth-order valence-electron chi connectivity index (χ4n) is 5.48. The van der Waals surface area contributed by atoms with Crippen LogP contribution in [0.4, 0.5) is 23.5 Å². The highest BCUT2D eigenvalue weighted by atomic mass is 19.3. The summed E-state index contributed by atoms with van der Waals surface area (Å²) in [6.07, 6.45) is 1.86. The molecule has 2 aliphatic rings. The second-order valence-electron chi connectivity index (χ2n) is 9.89. The van der Waals surface area contributed by atoms with Crippen molar-refractivity contribution < 1.29 is 31.1 Å². The Bertz CT molecular complexity index is 1590. The maximum absolute atomic E-state index is 15.5. The molecule has 0 amide bonds. The predicted molar refractivity (Wildman–Crippen MR) is 128 cm³/mol. The number of methoxy groups -OCH3 is 1. The van der Waals surface area contributed by atoms with Crippen molar-refractivity contribution in [2.24, 2.45) is 5.41 Å². The summed E-state index contributed by atoms with van der Waals surface area (Å²) >= 11 is 0. The lowest BCUT2D eigenvalue weighted by atomic mass is 9.71. The zero-order valence-corrected chi connectivity index (χ0v) is 19.9. The molecule has 1 saturated carbocycles. The normalized spacial score (nSPS) is 19.2. The number of nitrogens with zero attached hydrogens (tertiary/aromatic N) is 5. The van der Waals surface area contributed by atoms with E-state index in [-0.39, 0.29) is 50.9 Å². The van der Waals surface area contributed by atoms with Gasteiger partial charge in [0.25, 0.3) is 6.43 Å². The summed E-state index contributed by atoms with van der Waals surface area (Å²) in [5.41, 5.74) is -0.314. The lowest BCUT2D eigenvalue weighted by Gasteiger charge is -2.46. The van der Waals surface area contributed by atoms with Crippen molar-refractivity contribution in [3.05, 3.63) is 35.8 Å². The average molecular weight is 522 g/mol. The molecular formula is C25H26F4N6O2. The van der Waals surface area contributed by atoms with E-state index in [1.807, 2.05) is 0 Å². The first-order chi connectivity index (χ1) is 18.9. The van der Waals surface area contributed by atoms with Crippen molar-refractivity contribution >= 4 is 22.5 Å². The molecule has 1 aromatic carbocycles. The summed E-state index contributed by atoms with van der Waals surface area (Å²) in [6, 6.07) is 2.35. The van der Waals surface area contributed by atoms with E-state index < -0.39 is 37.5 Å². The van der Waals surface area contributed by atoms with E-state index in [0.717, 1.165) is 60.2 Å². The second kappa shape index (κ2) is 8.86. The molecule has 6 rings (SSSR count). The minimum absolute atomic E-state index is 0.0130. The van der Waals surface area contributed by atoms with Gasteiger partial charge in [-0.3, -0.25) is 0 Å². The predicted octanol–water partition coefficient (Wildman–Crippen LogP) is 4.98. The first kappa shape index (κ1) is 20.6. The van der Waals surface area contributed by atoms with E-state index in [1.165, 1.54) is 13.0 Å². The number of fused-ring (bicyclic) bond motifs is 2. The first-order valence-corrected chi connectivity index (χ1v) is 12.0. The van der Waals surface area contributed by atoms with Crippen molar-refractivity contribution in [2.75, 3.05) is 25.6 Å². The molecule has 1 spiro atoms. The third-order valence-electron chi connectivity index (χ3n) is 7.45. The summed E-state index contributed by atoms with van der Waals surface area (Å²) in [6.45, 7) is 2.23. The number of alkyl halides is 2. The van der Waals surface area contributed by atoms with Crippen LogP contribution in [0, 0.1) is 24.0 Å².